The fourth-order valence-corrected chi connectivity index (χ4v) is 4.30. The summed E-state index contributed by atoms with van der Waals surface area (Å²) in [7, 11) is 0. The van der Waals surface area contributed by atoms with Gasteiger partial charge in [0.25, 0.3) is 0 Å². The van der Waals surface area contributed by atoms with Gasteiger partial charge in [0.2, 0.25) is 5.91 Å². The standard InChI is InChI=1S/C25H32FN5O/c1-2-27-25(30-16-14-29(15-17-30)23-7-4-3-6-22(23)26)28-18-20-9-11-21(12-10-20)19-31-13-5-8-24(31)32/h3-4,6-7,9-12H,2,5,8,13-19H2,1H3,(H,27,28). The minimum absolute atomic E-state index is 0.168. The first-order valence-electron chi connectivity index (χ1n) is 11.5. The lowest BCUT2D eigenvalue weighted by Gasteiger charge is -2.37. The summed E-state index contributed by atoms with van der Waals surface area (Å²) in [6, 6.07) is 15.3. The topological polar surface area (TPSA) is 51.2 Å². The van der Waals surface area contributed by atoms with Gasteiger partial charge in [0.05, 0.1) is 12.2 Å². The van der Waals surface area contributed by atoms with Gasteiger partial charge in [-0.3, -0.25) is 4.79 Å². The molecule has 1 amide bonds. The van der Waals surface area contributed by atoms with Gasteiger partial charge in [-0.15, -0.1) is 0 Å². The number of amides is 1. The summed E-state index contributed by atoms with van der Waals surface area (Å²) in [5.74, 6) is 0.982. The Morgan fingerprint density at radius 3 is 2.38 bits per heavy atom. The predicted octanol–water partition coefficient (Wildman–Crippen LogP) is 3.24. The molecule has 0 aliphatic carbocycles. The zero-order chi connectivity index (χ0) is 22.3. The van der Waals surface area contributed by atoms with Crippen LogP contribution in [-0.4, -0.2) is 60.9 Å². The molecule has 32 heavy (non-hydrogen) atoms. The number of hydrogen-bond donors (Lipinski definition) is 1. The number of guanidine groups is 1. The van der Waals surface area contributed by atoms with Crippen molar-refractivity contribution in [2.75, 3.05) is 44.2 Å². The Morgan fingerprint density at radius 1 is 1.00 bits per heavy atom. The number of nitrogens with zero attached hydrogens (tertiary/aromatic N) is 4. The van der Waals surface area contributed by atoms with Gasteiger partial charge in [-0.25, -0.2) is 9.38 Å². The second-order valence-electron chi connectivity index (χ2n) is 8.33. The third-order valence-electron chi connectivity index (χ3n) is 6.09. The monoisotopic (exact) mass is 437 g/mol. The molecule has 2 heterocycles. The van der Waals surface area contributed by atoms with E-state index in [4.69, 9.17) is 4.99 Å². The third-order valence-corrected chi connectivity index (χ3v) is 6.09. The molecule has 0 spiro atoms. The molecule has 0 saturated carbocycles. The first-order valence-corrected chi connectivity index (χ1v) is 11.5. The first-order chi connectivity index (χ1) is 15.6. The van der Waals surface area contributed by atoms with Crippen molar-refractivity contribution in [3.8, 4) is 0 Å². The van der Waals surface area contributed by atoms with Gasteiger partial charge in [-0.2, -0.15) is 0 Å². The van der Waals surface area contributed by atoms with Gasteiger partial charge >= 0.3 is 0 Å². The number of para-hydroxylation sites is 1. The van der Waals surface area contributed by atoms with Crippen LogP contribution in [0.4, 0.5) is 10.1 Å². The smallest absolute Gasteiger partial charge is 0.222 e. The van der Waals surface area contributed by atoms with Gasteiger partial charge in [0, 0.05) is 52.2 Å². The number of carbonyl (C=O) groups is 1. The zero-order valence-electron chi connectivity index (χ0n) is 18.8. The van der Waals surface area contributed by atoms with E-state index in [0.717, 1.165) is 62.8 Å². The molecule has 1 N–H and O–H groups in total. The van der Waals surface area contributed by atoms with E-state index >= 15 is 0 Å². The second-order valence-corrected chi connectivity index (χ2v) is 8.33. The van der Waals surface area contributed by atoms with E-state index in [0.29, 0.717) is 25.2 Å². The SMILES string of the molecule is CCNC(=NCc1ccc(CN2CCCC2=O)cc1)N1CCN(c2ccccc2F)CC1. The summed E-state index contributed by atoms with van der Waals surface area (Å²) in [6.45, 7) is 8.13. The molecule has 0 atom stereocenters. The molecule has 0 unspecified atom stereocenters. The van der Waals surface area contributed by atoms with E-state index in [2.05, 4.69) is 46.3 Å². The largest absolute Gasteiger partial charge is 0.366 e. The Hall–Kier alpha value is -3.09. The number of anilines is 1. The molecule has 4 rings (SSSR count). The number of benzene rings is 2. The molecule has 6 nitrogen and oxygen atoms in total. The van der Waals surface area contributed by atoms with Crippen LogP contribution in [0.15, 0.2) is 53.5 Å². The quantitative estimate of drug-likeness (QED) is 0.557. The maximum absolute atomic E-state index is 14.1. The fourth-order valence-electron chi connectivity index (χ4n) is 4.30. The van der Waals surface area contributed by atoms with Crippen molar-refractivity contribution >= 4 is 17.6 Å². The van der Waals surface area contributed by atoms with Crippen LogP contribution in [0.5, 0.6) is 0 Å². The molecular weight excluding hydrogens is 405 g/mol. The van der Waals surface area contributed by atoms with Crippen LogP contribution >= 0.6 is 0 Å². The number of nitrogens with one attached hydrogen (secondary N) is 1. The number of carbonyl (C=O) groups excluding carboxylic acids is 1. The summed E-state index contributed by atoms with van der Waals surface area (Å²) in [6.07, 6.45) is 1.64. The van der Waals surface area contributed by atoms with Crippen molar-refractivity contribution < 1.29 is 9.18 Å². The van der Waals surface area contributed by atoms with Gasteiger partial charge < -0.3 is 20.0 Å². The number of rotatable bonds is 6. The summed E-state index contributed by atoms with van der Waals surface area (Å²) < 4.78 is 14.1. The van der Waals surface area contributed by atoms with Crippen LogP contribution in [0.25, 0.3) is 0 Å². The van der Waals surface area contributed by atoms with Crippen molar-refractivity contribution in [3.05, 3.63) is 65.5 Å². The van der Waals surface area contributed by atoms with Crippen LogP contribution in [0.3, 0.4) is 0 Å². The van der Waals surface area contributed by atoms with Gasteiger partial charge in [-0.1, -0.05) is 36.4 Å². The van der Waals surface area contributed by atoms with Gasteiger partial charge in [0.15, 0.2) is 5.96 Å². The third kappa shape index (κ3) is 5.39. The van der Waals surface area contributed by atoms with Crippen LogP contribution in [0, 0.1) is 5.82 Å². The molecule has 2 saturated heterocycles. The summed E-state index contributed by atoms with van der Waals surface area (Å²) in [4.78, 5) is 22.9. The van der Waals surface area contributed by atoms with Crippen molar-refractivity contribution in [2.24, 2.45) is 4.99 Å². The van der Waals surface area contributed by atoms with Crippen molar-refractivity contribution in [1.82, 2.24) is 15.1 Å². The highest BCUT2D eigenvalue weighted by atomic mass is 19.1. The fraction of sp³-hybridized carbons (Fsp3) is 0.440. The molecule has 170 valence electrons. The summed E-state index contributed by atoms with van der Waals surface area (Å²) >= 11 is 0. The Balaban J connectivity index is 1.34. The van der Waals surface area contributed by atoms with Crippen LogP contribution < -0.4 is 10.2 Å². The van der Waals surface area contributed by atoms with Crippen molar-refractivity contribution in [1.29, 1.82) is 0 Å². The number of likely N-dealkylation sites (tertiary alicyclic amines) is 1. The lowest BCUT2D eigenvalue weighted by Crippen LogP contribution is -2.52. The molecular formula is C25H32FN5O. The molecule has 7 heteroatoms. The van der Waals surface area contributed by atoms with Gasteiger partial charge in [-0.05, 0) is 36.6 Å². The second kappa shape index (κ2) is 10.5. The Labute approximate surface area is 189 Å². The highest BCUT2D eigenvalue weighted by Gasteiger charge is 2.22. The van der Waals surface area contributed by atoms with E-state index in [-0.39, 0.29) is 11.7 Å². The number of hydrogen-bond acceptors (Lipinski definition) is 3. The van der Waals surface area contributed by atoms with E-state index in [1.54, 1.807) is 6.07 Å². The lowest BCUT2D eigenvalue weighted by atomic mass is 10.1. The number of halogens is 1. The molecule has 2 aliphatic heterocycles. The number of piperazine rings is 1. The van der Waals surface area contributed by atoms with Crippen molar-refractivity contribution in [2.45, 2.75) is 32.9 Å². The molecule has 0 bridgehead atoms. The molecule has 0 aromatic heterocycles. The Bertz CT molecular complexity index is 938. The summed E-state index contributed by atoms with van der Waals surface area (Å²) in [5, 5.41) is 3.39. The maximum atomic E-state index is 14.1. The normalized spacial score (nSPS) is 17.2. The minimum Gasteiger partial charge on any atom is -0.366 e. The van der Waals surface area contributed by atoms with E-state index in [1.807, 2.05) is 17.0 Å². The molecule has 2 fully saturated rings. The minimum atomic E-state index is -0.168. The van der Waals surface area contributed by atoms with E-state index in [1.165, 1.54) is 6.07 Å². The zero-order valence-corrected chi connectivity index (χ0v) is 18.8. The summed E-state index contributed by atoms with van der Waals surface area (Å²) in [5.41, 5.74) is 2.97. The molecule has 2 aromatic carbocycles. The highest BCUT2D eigenvalue weighted by Crippen LogP contribution is 2.20. The van der Waals surface area contributed by atoms with E-state index in [9.17, 15) is 9.18 Å². The molecule has 2 aromatic rings. The average Bonchev–Trinajstić information content (AvgIpc) is 3.22. The average molecular weight is 438 g/mol. The number of aliphatic imine (C=N–C) groups is 1. The van der Waals surface area contributed by atoms with E-state index < -0.39 is 0 Å². The van der Waals surface area contributed by atoms with Crippen LogP contribution in [0.2, 0.25) is 0 Å². The van der Waals surface area contributed by atoms with Gasteiger partial charge in [0.1, 0.15) is 5.82 Å². The highest BCUT2D eigenvalue weighted by molar-refractivity contribution is 5.80. The Kier molecular flexibility index (Phi) is 7.24. The van der Waals surface area contributed by atoms with Crippen LogP contribution in [-0.2, 0) is 17.9 Å². The van der Waals surface area contributed by atoms with Crippen molar-refractivity contribution in [3.63, 3.8) is 0 Å². The maximum Gasteiger partial charge on any atom is 0.222 e. The lowest BCUT2D eigenvalue weighted by molar-refractivity contribution is -0.128. The molecule has 0 radical (unpaired) electrons. The van der Waals surface area contributed by atoms with Crippen LogP contribution in [0.1, 0.15) is 30.9 Å². The Morgan fingerprint density at radius 2 is 1.72 bits per heavy atom. The molecule has 2 aliphatic rings. The first kappa shape index (κ1) is 22.1. The predicted molar refractivity (Wildman–Crippen MR) is 126 cm³/mol.